The van der Waals surface area contributed by atoms with E-state index in [2.05, 4.69) is 0 Å². The van der Waals surface area contributed by atoms with Gasteiger partial charge in [0.1, 0.15) is 11.8 Å². The van der Waals surface area contributed by atoms with Gasteiger partial charge >= 0.3 is 6.18 Å². The van der Waals surface area contributed by atoms with Gasteiger partial charge in [-0.25, -0.2) is 0 Å². The van der Waals surface area contributed by atoms with E-state index in [1.807, 2.05) is 0 Å². The molecule has 2 N–H and O–H groups in total. The molecule has 0 aromatic heterocycles. The highest BCUT2D eigenvalue weighted by Crippen LogP contribution is 2.37. The summed E-state index contributed by atoms with van der Waals surface area (Å²) in [6, 6.07) is 3.34. The Balaban J connectivity index is 2.32. The van der Waals surface area contributed by atoms with Gasteiger partial charge in [0, 0.05) is 18.3 Å². The minimum atomic E-state index is -4.21. The van der Waals surface area contributed by atoms with Crippen molar-refractivity contribution in [3.63, 3.8) is 0 Å². The van der Waals surface area contributed by atoms with E-state index >= 15 is 0 Å². The normalized spacial score (nSPS) is 20.4. The van der Waals surface area contributed by atoms with Gasteiger partial charge < -0.3 is 15.4 Å². The fourth-order valence-electron chi connectivity index (χ4n) is 2.46. The Morgan fingerprint density at radius 3 is 2.68 bits per heavy atom. The first-order chi connectivity index (χ1) is 8.93. The number of ether oxygens (including phenoxy) is 1. The van der Waals surface area contributed by atoms with Crippen LogP contribution in [0.5, 0.6) is 5.75 Å². The molecule has 6 heteroatoms. The number of hydrogen-bond donors (Lipinski definition) is 1. The second kappa shape index (κ2) is 5.19. The number of rotatable bonds is 2. The molecule has 0 radical (unpaired) electrons. The molecular weight excluding hydrogens is 257 g/mol. The van der Waals surface area contributed by atoms with Crippen molar-refractivity contribution in [3.8, 4) is 5.75 Å². The summed E-state index contributed by atoms with van der Waals surface area (Å²) in [6.45, 7) is 0.400. The summed E-state index contributed by atoms with van der Waals surface area (Å²) < 4.78 is 44.2. The number of halogens is 3. The molecule has 106 valence electrons. The standard InChI is InChI=1S/C13H17F3N2O/c1-19-11-8-9(5-6-10(11)17)18-7-3-2-4-12(18)13(14,15)16/h5-6,8,12H,2-4,7,17H2,1H3. The first-order valence-electron chi connectivity index (χ1n) is 6.20. The summed E-state index contributed by atoms with van der Waals surface area (Å²) in [4.78, 5) is 1.39. The van der Waals surface area contributed by atoms with E-state index in [1.54, 1.807) is 18.2 Å². The quantitative estimate of drug-likeness (QED) is 0.842. The number of methoxy groups -OCH3 is 1. The number of nitrogens with zero attached hydrogens (tertiary/aromatic N) is 1. The first-order valence-corrected chi connectivity index (χ1v) is 6.20. The molecule has 0 aliphatic carbocycles. The summed E-state index contributed by atoms with van der Waals surface area (Å²) in [7, 11) is 1.45. The fourth-order valence-corrected chi connectivity index (χ4v) is 2.46. The van der Waals surface area contributed by atoms with Gasteiger partial charge in [-0.05, 0) is 31.4 Å². The van der Waals surface area contributed by atoms with E-state index in [4.69, 9.17) is 10.5 Å². The molecule has 1 atom stereocenters. The summed E-state index contributed by atoms with van der Waals surface area (Å²) >= 11 is 0. The second-order valence-corrected chi connectivity index (χ2v) is 4.67. The van der Waals surface area contributed by atoms with E-state index in [1.165, 1.54) is 12.0 Å². The number of hydrogen-bond acceptors (Lipinski definition) is 3. The molecule has 1 fully saturated rings. The number of piperidine rings is 1. The maximum absolute atomic E-state index is 13.0. The van der Waals surface area contributed by atoms with E-state index in [0.29, 0.717) is 30.1 Å². The zero-order valence-corrected chi connectivity index (χ0v) is 10.7. The molecule has 0 saturated carbocycles. The summed E-state index contributed by atoms with van der Waals surface area (Å²) in [5, 5.41) is 0. The third-order valence-electron chi connectivity index (χ3n) is 3.43. The van der Waals surface area contributed by atoms with E-state index in [0.717, 1.165) is 6.42 Å². The maximum Gasteiger partial charge on any atom is 0.408 e. The number of anilines is 2. The molecule has 1 saturated heterocycles. The predicted octanol–water partition coefficient (Wildman–Crippen LogP) is 3.20. The lowest BCUT2D eigenvalue weighted by molar-refractivity contribution is -0.152. The second-order valence-electron chi connectivity index (χ2n) is 4.67. The molecule has 1 unspecified atom stereocenters. The molecule has 0 spiro atoms. The zero-order valence-electron chi connectivity index (χ0n) is 10.7. The molecule has 1 heterocycles. The fraction of sp³-hybridized carbons (Fsp3) is 0.538. The van der Waals surface area contributed by atoms with Crippen LogP contribution in [0.4, 0.5) is 24.5 Å². The lowest BCUT2D eigenvalue weighted by Gasteiger charge is -2.38. The van der Waals surface area contributed by atoms with Crippen molar-refractivity contribution in [2.24, 2.45) is 0 Å². The third kappa shape index (κ3) is 2.88. The van der Waals surface area contributed by atoms with E-state index in [9.17, 15) is 13.2 Å². The zero-order chi connectivity index (χ0) is 14.0. The van der Waals surface area contributed by atoms with Crippen molar-refractivity contribution in [3.05, 3.63) is 18.2 Å². The Bertz CT molecular complexity index is 448. The van der Waals surface area contributed by atoms with Crippen LogP contribution in [-0.4, -0.2) is 25.9 Å². The largest absolute Gasteiger partial charge is 0.495 e. The average Bonchev–Trinajstić information content (AvgIpc) is 2.38. The molecule has 1 aromatic rings. The smallest absolute Gasteiger partial charge is 0.408 e. The van der Waals surface area contributed by atoms with Crippen LogP contribution in [0.1, 0.15) is 19.3 Å². The Labute approximate surface area is 110 Å². The van der Waals surface area contributed by atoms with E-state index in [-0.39, 0.29) is 6.42 Å². The highest BCUT2D eigenvalue weighted by atomic mass is 19.4. The minimum Gasteiger partial charge on any atom is -0.495 e. The van der Waals surface area contributed by atoms with Gasteiger partial charge in [0.25, 0.3) is 0 Å². The van der Waals surface area contributed by atoms with Gasteiger partial charge in [0.05, 0.1) is 12.8 Å². The molecule has 2 rings (SSSR count). The van der Waals surface area contributed by atoms with Gasteiger partial charge in [0.15, 0.2) is 0 Å². The summed E-state index contributed by atoms with van der Waals surface area (Å²) in [5.41, 5.74) is 6.61. The van der Waals surface area contributed by atoms with Gasteiger partial charge in [-0.3, -0.25) is 0 Å². The van der Waals surface area contributed by atoms with Gasteiger partial charge in [-0.2, -0.15) is 13.2 Å². The van der Waals surface area contributed by atoms with Crippen molar-refractivity contribution >= 4 is 11.4 Å². The summed E-state index contributed by atoms with van der Waals surface area (Å²) in [6.07, 6.45) is -2.71. The highest BCUT2D eigenvalue weighted by Gasteiger charge is 2.44. The molecule has 1 aromatic carbocycles. The minimum absolute atomic E-state index is 0.135. The molecule has 3 nitrogen and oxygen atoms in total. The Hall–Kier alpha value is -1.59. The topological polar surface area (TPSA) is 38.5 Å². The van der Waals surface area contributed by atoms with Crippen LogP contribution >= 0.6 is 0 Å². The summed E-state index contributed by atoms with van der Waals surface area (Å²) in [5.74, 6) is 0.406. The average molecular weight is 274 g/mol. The maximum atomic E-state index is 13.0. The lowest BCUT2D eigenvalue weighted by atomic mass is 10.0. The Kier molecular flexibility index (Phi) is 3.78. The lowest BCUT2D eigenvalue weighted by Crippen LogP contribution is -2.48. The Morgan fingerprint density at radius 1 is 1.32 bits per heavy atom. The van der Waals surface area contributed by atoms with Crippen LogP contribution in [0, 0.1) is 0 Å². The van der Waals surface area contributed by atoms with Gasteiger partial charge in [-0.15, -0.1) is 0 Å². The Morgan fingerprint density at radius 2 is 2.05 bits per heavy atom. The predicted molar refractivity (Wildman–Crippen MR) is 68.4 cm³/mol. The van der Waals surface area contributed by atoms with Crippen LogP contribution in [0.3, 0.4) is 0 Å². The van der Waals surface area contributed by atoms with Crippen LogP contribution < -0.4 is 15.4 Å². The van der Waals surface area contributed by atoms with Crippen LogP contribution in [0.2, 0.25) is 0 Å². The van der Waals surface area contributed by atoms with Gasteiger partial charge in [0.2, 0.25) is 0 Å². The third-order valence-corrected chi connectivity index (χ3v) is 3.43. The van der Waals surface area contributed by atoms with Crippen LogP contribution in [0.25, 0.3) is 0 Å². The van der Waals surface area contributed by atoms with Gasteiger partial charge in [-0.1, -0.05) is 0 Å². The highest BCUT2D eigenvalue weighted by molar-refractivity contribution is 5.63. The van der Waals surface area contributed by atoms with Crippen molar-refractivity contribution in [1.29, 1.82) is 0 Å². The van der Waals surface area contributed by atoms with Crippen molar-refractivity contribution in [2.75, 3.05) is 24.3 Å². The van der Waals surface area contributed by atoms with Crippen LogP contribution in [-0.2, 0) is 0 Å². The molecule has 1 aliphatic rings. The van der Waals surface area contributed by atoms with Crippen molar-refractivity contribution in [1.82, 2.24) is 0 Å². The van der Waals surface area contributed by atoms with Crippen LogP contribution in [0.15, 0.2) is 18.2 Å². The number of benzene rings is 1. The molecule has 0 bridgehead atoms. The SMILES string of the molecule is COc1cc(N2CCCCC2C(F)(F)F)ccc1N. The monoisotopic (exact) mass is 274 g/mol. The van der Waals surface area contributed by atoms with E-state index < -0.39 is 12.2 Å². The number of alkyl halides is 3. The van der Waals surface area contributed by atoms with Crippen molar-refractivity contribution < 1.29 is 17.9 Å². The molecule has 1 aliphatic heterocycles. The number of nitrogen functional groups attached to an aromatic ring is 1. The molecular formula is C13H17F3N2O. The van der Waals surface area contributed by atoms with Crippen molar-refractivity contribution in [2.45, 2.75) is 31.5 Å². The first kappa shape index (κ1) is 13.8. The molecule has 19 heavy (non-hydrogen) atoms. The molecule has 0 amide bonds. The number of nitrogens with two attached hydrogens (primary N) is 1.